The van der Waals surface area contributed by atoms with Crippen LogP contribution in [0.1, 0.15) is 12.8 Å². The molecule has 2 rings (SSSR count). The van der Waals surface area contributed by atoms with Crippen LogP contribution in [-0.2, 0) is 4.74 Å². The average molecular weight is 301 g/mol. The van der Waals surface area contributed by atoms with E-state index < -0.39 is 0 Å². The summed E-state index contributed by atoms with van der Waals surface area (Å²) in [5.74, 6) is 2.21. The molecule has 1 aliphatic rings. The molecule has 0 bridgehead atoms. The molecular formula is C11H17BrN4O. The molecule has 0 spiro atoms. The summed E-state index contributed by atoms with van der Waals surface area (Å²) in [5.41, 5.74) is 0. The second-order valence-corrected chi connectivity index (χ2v) is 4.94. The summed E-state index contributed by atoms with van der Waals surface area (Å²) < 4.78 is 6.40. The lowest BCUT2D eigenvalue weighted by Crippen LogP contribution is -2.12. The zero-order chi connectivity index (χ0) is 12.1. The molecule has 1 fully saturated rings. The Bertz CT molecular complexity index is 370. The highest BCUT2D eigenvalue weighted by atomic mass is 79.9. The first kappa shape index (κ1) is 12.6. The molecule has 6 heteroatoms. The molecule has 1 aromatic rings. The van der Waals surface area contributed by atoms with Gasteiger partial charge in [0.2, 0.25) is 5.95 Å². The topological polar surface area (TPSA) is 59.1 Å². The van der Waals surface area contributed by atoms with E-state index in [1.807, 2.05) is 0 Å². The van der Waals surface area contributed by atoms with Crippen LogP contribution in [0.15, 0.2) is 10.7 Å². The van der Waals surface area contributed by atoms with E-state index in [0.717, 1.165) is 29.4 Å². The molecule has 1 aromatic heterocycles. The summed E-state index contributed by atoms with van der Waals surface area (Å²) >= 11 is 3.41. The normalized spacial score (nSPS) is 14.7. The smallest absolute Gasteiger partial charge is 0.224 e. The van der Waals surface area contributed by atoms with Gasteiger partial charge in [0.25, 0.3) is 0 Å². The summed E-state index contributed by atoms with van der Waals surface area (Å²) in [6.07, 6.45) is 4.39. The van der Waals surface area contributed by atoms with Crippen LogP contribution in [0, 0.1) is 5.92 Å². The van der Waals surface area contributed by atoms with Crippen molar-refractivity contribution in [3.05, 3.63) is 10.7 Å². The van der Waals surface area contributed by atoms with Gasteiger partial charge in [0.15, 0.2) is 0 Å². The highest BCUT2D eigenvalue weighted by Gasteiger charge is 2.20. The number of rotatable bonds is 7. The first-order valence-electron chi connectivity index (χ1n) is 5.81. The van der Waals surface area contributed by atoms with Crippen molar-refractivity contribution >= 4 is 27.7 Å². The van der Waals surface area contributed by atoms with Gasteiger partial charge in [0, 0.05) is 26.4 Å². The number of hydrogen-bond acceptors (Lipinski definition) is 5. The Balaban J connectivity index is 1.72. The average Bonchev–Trinajstić information content (AvgIpc) is 3.15. The fourth-order valence-corrected chi connectivity index (χ4v) is 1.72. The summed E-state index contributed by atoms with van der Waals surface area (Å²) in [5, 5.41) is 6.12. The molecule has 17 heavy (non-hydrogen) atoms. The molecular weight excluding hydrogens is 284 g/mol. The van der Waals surface area contributed by atoms with E-state index in [9.17, 15) is 0 Å². The maximum absolute atomic E-state index is 5.54. The minimum absolute atomic E-state index is 0.606. The molecule has 1 aliphatic carbocycles. The largest absolute Gasteiger partial charge is 0.379 e. The zero-order valence-corrected chi connectivity index (χ0v) is 11.5. The van der Waals surface area contributed by atoms with Gasteiger partial charge in [-0.2, -0.15) is 4.98 Å². The second-order valence-electron chi connectivity index (χ2n) is 4.09. The van der Waals surface area contributed by atoms with E-state index in [-0.39, 0.29) is 0 Å². The number of ether oxygens (including phenoxy) is 1. The number of nitrogens with zero attached hydrogens (tertiary/aromatic N) is 2. The molecule has 0 amide bonds. The van der Waals surface area contributed by atoms with E-state index in [2.05, 4.69) is 36.5 Å². The van der Waals surface area contributed by atoms with Crippen molar-refractivity contribution in [1.29, 1.82) is 0 Å². The van der Waals surface area contributed by atoms with E-state index >= 15 is 0 Å². The Labute approximate surface area is 110 Å². The molecule has 0 atom stereocenters. The van der Waals surface area contributed by atoms with Crippen LogP contribution in [0.3, 0.4) is 0 Å². The molecule has 0 aliphatic heterocycles. The minimum atomic E-state index is 0.606. The van der Waals surface area contributed by atoms with Crippen LogP contribution in [0.2, 0.25) is 0 Å². The minimum Gasteiger partial charge on any atom is -0.379 e. The summed E-state index contributed by atoms with van der Waals surface area (Å²) in [4.78, 5) is 8.39. The maximum atomic E-state index is 5.54. The third-order valence-electron chi connectivity index (χ3n) is 2.56. The number of nitrogens with one attached hydrogen (secondary N) is 2. The number of halogens is 1. The van der Waals surface area contributed by atoms with Gasteiger partial charge in [0.05, 0.1) is 11.1 Å². The van der Waals surface area contributed by atoms with Crippen molar-refractivity contribution in [1.82, 2.24) is 9.97 Å². The van der Waals surface area contributed by atoms with Crippen molar-refractivity contribution in [3.63, 3.8) is 0 Å². The second kappa shape index (κ2) is 6.16. The molecule has 1 saturated carbocycles. The molecule has 94 valence electrons. The van der Waals surface area contributed by atoms with Crippen LogP contribution < -0.4 is 10.6 Å². The Kier molecular flexibility index (Phi) is 4.56. The van der Waals surface area contributed by atoms with Crippen molar-refractivity contribution in [2.75, 3.05) is 37.4 Å². The molecule has 0 radical (unpaired) electrons. The fraction of sp³-hybridized carbons (Fsp3) is 0.636. The van der Waals surface area contributed by atoms with E-state index in [1.165, 1.54) is 12.8 Å². The highest BCUT2D eigenvalue weighted by molar-refractivity contribution is 9.10. The van der Waals surface area contributed by atoms with E-state index in [4.69, 9.17) is 4.74 Å². The van der Waals surface area contributed by atoms with Gasteiger partial charge in [0.1, 0.15) is 5.82 Å². The number of aromatic nitrogens is 2. The standard InChI is InChI=1S/C11H17BrN4O/c1-13-11-15-6-9(12)10(16-11)14-4-5-17-7-8-2-3-8/h6,8H,2-5,7H2,1H3,(H2,13,14,15,16). The van der Waals surface area contributed by atoms with Crippen LogP contribution in [0.25, 0.3) is 0 Å². The summed E-state index contributed by atoms with van der Waals surface area (Å²) in [7, 11) is 1.80. The number of hydrogen-bond donors (Lipinski definition) is 2. The van der Waals surface area contributed by atoms with Gasteiger partial charge in [-0.3, -0.25) is 0 Å². The molecule has 1 heterocycles. The SMILES string of the molecule is CNc1ncc(Br)c(NCCOCC2CC2)n1. The Morgan fingerprint density at radius 1 is 1.53 bits per heavy atom. The fourth-order valence-electron chi connectivity index (χ4n) is 1.39. The molecule has 0 saturated heterocycles. The summed E-state index contributed by atoms with van der Waals surface area (Å²) in [6, 6.07) is 0. The third-order valence-corrected chi connectivity index (χ3v) is 3.14. The first-order valence-corrected chi connectivity index (χ1v) is 6.61. The van der Waals surface area contributed by atoms with Crippen molar-refractivity contribution in [3.8, 4) is 0 Å². The van der Waals surface area contributed by atoms with Crippen molar-refractivity contribution < 1.29 is 4.74 Å². The highest BCUT2D eigenvalue weighted by Crippen LogP contribution is 2.28. The first-order chi connectivity index (χ1) is 8.29. The quantitative estimate of drug-likeness (QED) is 0.756. The van der Waals surface area contributed by atoms with Crippen molar-refractivity contribution in [2.45, 2.75) is 12.8 Å². The lowest BCUT2D eigenvalue weighted by Gasteiger charge is -2.09. The van der Waals surface area contributed by atoms with Gasteiger partial charge in [-0.25, -0.2) is 4.98 Å². The predicted molar refractivity (Wildman–Crippen MR) is 71.3 cm³/mol. The Hall–Kier alpha value is -0.880. The van der Waals surface area contributed by atoms with Crippen molar-refractivity contribution in [2.24, 2.45) is 5.92 Å². The van der Waals surface area contributed by atoms with Gasteiger partial charge in [-0.1, -0.05) is 0 Å². The zero-order valence-electron chi connectivity index (χ0n) is 9.87. The van der Waals surface area contributed by atoms with E-state index in [1.54, 1.807) is 13.2 Å². The lowest BCUT2D eigenvalue weighted by molar-refractivity contribution is 0.134. The Morgan fingerprint density at radius 3 is 3.06 bits per heavy atom. The Morgan fingerprint density at radius 2 is 2.35 bits per heavy atom. The van der Waals surface area contributed by atoms with Crippen LogP contribution in [0.5, 0.6) is 0 Å². The van der Waals surface area contributed by atoms with Crippen LogP contribution >= 0.6 is 15.9 Å². The van der Waals surface area contributed by atoms with Crippen LogP contribution in [0.4, 0.5) is 11.8 Å². The monoisotopic (exact) mass is 300 g/mol. The van der Waals surface area contributed by atoms with Crippen LogP contribution in [-0.4, -0.2) is 36.8 Å². The lowest BCUT2D eigenvalue weighted by atomic mass is 10.5. The third kappa shape index (κ3) is 4.12. The maximum Gasteiger partial charge on any atom is 0.224 e. The molecule has 0 aromatic carbocycles. The molecule has 5 nitrogen and oxygen atoms in total. The van der Waals surface area contributed by atoms with E-state index in [0.29, 0.717) is 12.6 Å². The molecule has 0 unspecified atom stereocenters. The van der Waals surface area contributed by atoms with Gasteiger partial charge >= 0.3 is 0 Å². The van der Waals surface area contributed by atoms with Gasteiger partial charge < -0.3 is 15.4 Å². The summed E-state index contributed by atoms with van der Waals surface area (Å²) in [6.45, 7) is 2.36. The van der Waals surface area contributed by atoms with Gasteiger partial charge in [-0.05, 0) is 34.7 Å². The number of anilines is 2. The predicted octanol–water partition coefficient (Wildman–Crippen LogP) is 2.12. The molecule has 2 N–H and O–H groups in total. The van der Waals surface area contributed by atoms with Gasteiger partial charge in [-0.15, -0.1) is 0 Å².